The second-order valence-corrected chi connectivity index (χ2v) is 5.50. The highest BCUT2D eigenvalue weighted by Crippen LogP contribution is 2.48. The van der Waals surface area contributed by atoms with Crippen LogP contribution in [0.4, 0.5) is 0 Å². The topological polar surface area (TPSA) is 86.5 Å². The van der Waals surface area contributed by atoms with E-state index in [0.717, 1.165) is 0 Å². The van der Waals surface area contributed by atoms with Crippen LogP contribution in [0.2, 0.25) is 0 Å². The maximum atomic E-state index is 12.1. The van der Waals surface area contributed by atoms with Gasteiger partial charge in [-0.25, -0.2) is 4.98 Å². The van der Waals surface area contributed by atoms with E-state index in [1.54, 1.807) is 13.8 Å². The highest BCUT2D eigenvalue weighted by Gasteiger charge is 2.27. The Bertz CT molecular complexity index is 347. The molecule has 0 aliphatic heterocycles. The van der Waals surface area contributed by atoms with Crippen molar-refractivity contribution in [1.29, 1.82) is 0 Å². The summed E-state index contributed by atoms with van der Waals surface area (Å²) in [4.78, 5) is 3.75. The lowest BCUT2D eigenvalue weighted by Gasteiger charge is -2.19. The van der Waals surface area contributed by atoms with Crippen molar-refractivity contribution in [2.24, 2.45) is 0 Å². The largest absolute Gasteiger partial charge is 0.391 e. The lowest BCUT2D eigenvalue weighted by atomic mass is 10.4. The van der Waals surface area contributed by atoms with Gasteiger partial charge >= 0.3 is 7.60 Å². The number of aromatic nitrogens is 3. The molecule has 0 aromatic carbocycles. The van der Waals surface area contributed by atoms with E-state index >= 15 is 0 Å². The molecule has 0 spiro atoms. The van der Waals surface area contributed by atoms with Crippen molar-refractivity contribution >= 4 is 7.60 Å². The second kappa shape index (κ2) is 6.86. The Hall–Kier alpha value is -0.750. The van der Waals surface area contributed by atoms with E-state index in [2.05, 4.69) is 10.1 Å². The Balaban J connectivity index is 2.51. The molecule has 0 bridgehead atoms. The van der Waals surface area contributed by atoms with Crippen molar-refractivity contribution in [3.63, 3.8) is 0 Å². The first-order valence-electron chi connectivity index (χ1n) is 5.48. The van der Waals surface area contributed by atoms with E-state index in [4.69, 9.17) is 9.05 Å². The number of hydrogen-bond acceptors (Lipinski definition) is 6. The molecule has 7 nitrogen and oxygen atoms in total. The van der Waals surface area contributed by atoms with E-state index in [9.17, 15) is 9.67 Å². The molecule has 0 aliphatic carbocycles. The fraction of sp³-hybridized carbons (Fsp3) is 0.778. The zero-order valence-electron chi connectivity index (χ0n) is 10.0. The van der Waals surface area contributed by atoms with Crippen LogP contribution in [-0.2, 0) is 20.2 Å². The van der Waals surface area contributed by atoms with Crippen LogP contribution in [0.1, 0.15) is 13.8 Å². The summed E-state index contributed by atoms with van der Waals surface area (Å²) >= 11 is 0. The highest BCUT2D eigenvalue weighted by molar-refractivity contribution is 7.53. The van der Waals surface area contributed by atoms with Crippen LogP contribution in [0.5, 0.6) is 0 Å². The monoisotopic (exact) mass is 263 g/mol. The van der Waals surface area contributed by atoms with Gasteiger partial charge in [-0.15, -0.1) is 0 Å². The number of hydrogen-bond donors (Lipinski definition) is 1. The summed E-state index contributed by atoms with van der Waals surface area (Å²) in [5.41, 5.74) is 0. The van der Waals surface area contributed by atoms with Crippen LogP contribution >= 0.6 is 7.60 Å². The summed E-state index contributed by atoms with van der Waals surface area (Å²) in [5, 5.41) is 13.6. The molecule has 1 heterocycles. The minimum Gasteiger partial charge on any atom is -0.391 e. The number of aliphatic hydroxyl groups excluding tert-OH is 1. The molecule has 1 atom stereocenters. The van der Waals surface area contributed by atoms with Gasteiger partial charge in [0.25, 0.3) is 0 Å². The second-order valence-electron chi connectivity index (χ2n) is 3.40. The van der Waals surface area contributed by atoms with Gasteiger partial charge in [0.1, 0.15) is 12.7 Å². The molecule has 0 aliphatic rings. The third-order valence-electron chi connectivity index (χ3n) is 1.95. The number of nitrogens with zero attached hydrogens (tertiary/aromatic N) is 3. The van der Waals surface area contributed by atoms with Crippen LogP contribution in [-0.4, -0.2) is 45.4 Å². The standard InChI is InChI=1S/C9H18N3O4P/c1-3-15-17(14,16-4-2)6-9(13)5-12-8-10-7-11-12/h7-9,13H,3-6H2,1-2H3. The Morgan fingerprint density at radius 2 is 2.06 bits per heavy atom. The van der Waals surface area contributed by atoms with E-state index in [1.165, 1.54) is 17.3 Å². The zero-order valence-corrected chi connectivity index (χ0v) is 10.9. The molecule has 1 rings (SSSR count). The molecular formula is C9H18N3O4P. The predicted octanol–water partition coefficient (Wildman–Crippen LogP) is 0.905. The van der Waals surface area contributed by atoms with Gasteiger partial charge < -0.3 is 14.2 Å². The minimum absolute atomic E-state index is 0.0471. The van der Waals surface area contributed by atoms with Gasteiger partial charge in [-0.3, -0.25) is 9.25 Å². The molecule has 17 heavy (non-hydrogen) atoms. The molecule has 0 radical (unpaired) electrons. The Morgan fingerprint density at radius 1 is 1.41 bits per heavy atom. The summed E-state index contributed by atoms with van der Waals surface area (Å²) < 4.78 is 23.7. The van der Waals surface area contributed by atoms with Crippen LogP contribution in [0, 0.1) is 0 Å². The zero-order chi connectivity index (χ0) is 12.7. The van der Waals surface area contributed by atoms with E-state index in [-0.39, 0.29) is 25.9 Å². The van der Waals surface area contributed by atoms with Crippen molar-refractivity contribution in [2.75, 3.05) is 19.4 Å². The quantitative estimate of drug-likeness (QED) is 0.701. The third kappa shape index (κ3) is 4.95. The van der Waals surface area contributed by atoms with Gasteiger partial charge in [-0.05, 0) is 13.8 Å². The van der Waals surface area contributed by atoms with Crippen molar-refractivity contribution in [3.8, 4) is 0 Å². The first-order valence-corrected chi connectivity index (χ1v) is 7.21. The highest BCUT2D eigenvalue weighted by atomic mass is 31.2. The molecule has 1 unspecified atom stereocenters. The minimum atomic E-state index is -3.21. The van der Waals surface area contributed by atoms with Crippen LogP contribution in [0.15, 0.2) is 12.7 Å². The predicted molar refractivity (Wildman–Crippen MR) is 61.8 cm³/mol. The van der Waals surface area contributed by atoms with Crippen LogP contribution < -0.4 is 0 Å². The lowest BCUT2D eigenvalue weighted by Crippen LogP contribution is -2.22. The average molecular weight is 263 g/mol. The smallest absolute Gasteiger partial charge is 0.333 e. The summed E-state index contributed by atoms with van der Waals surface area (Å²) in [5.74, 6) is 0. The molecule has 0 saturated heterocycles. The van der Waals surface area contributed by atoms with Gasteiger partial charge in [-0.1, -0.05) is 0 Å². The van der Waals surface area contributed by atoms with Gasteiger partial charge in [0.05, 0.1) is 32.0 Å². The summed E-state index contributed by atoms with van der Waals surface area (Å²) in [6.07, 6.45) is 1.96. The van der Waals surface area contributed by atoms with Crippen molar-refractivity contribution in [2.45, 2.75) is 26.5 Å². The van der Waals surface area contributed by atoms with Crippen molar-refractivity contribution in [1.82, 2.24) is 14.8 Å². The van der Waals surface area contributed by atoms with E-state index in [1.807, 2.05) is 0 Å². The number of aliphatic hydroxyl groups is 1. The number of rotatable bonds is 8. The molecule has 0 fully saturated rings. The molecule has 1 aromatic rings. The summed E-state index contributed by atoms with van der Waals surface area (Å²) in [6.45, 7) is 4.25. The van der Waals surface area contributed by atoms with E-state index < -0.39 is 13.7 Å². The molecule has 98 valence electrons. The van der Waals surface area contributed by atoms with Gasteiger partial charge in [0.2, 0.25) is 0 Å². The van der Waals surface area contributed by atoms with Gasteiger partial charge in [0, 0.05) is 0 Å². The Labute approximate surface area is 100 Å². The average Bonchev–Trinajstić information content (AvgIpc) is 2.70. The molecule has 0 amide bonds. The van der Waals surface area contributed by atoms with Crippen molar-refractivity contribution < 1.29 is 18.7 Å². The first-order chi connectivity index (χ1) is 8.09. The Kier molecular flexibility index (Phi) is 5.77. The molecular weight excluding hydrogens is 245 g/mol. The van der Waals surface area contributed by atoms with Crippen LogP contribution in [0.3, 0.4) is 0 Å². The third-order valence-corrected chi connectivity index (χ3v) is 4.12. The molecule has 1 N–H and O–H groups in total. The van der Waals surface area contributed by atoms with Crippen molar-refractivity contribution in [3.05, 3.63) is 12.7 Å². The fourth-order valence-electron chi connectivity index (χ4n) is 1.39. The SMILES string of the molecule is CCOP(=O)(CC(O)Cn1cncn1)OCC. The van der Waals surface area contributed by atoms with Gasteiger partial charge in [0.15, 0.2) is 0 Å². The first kappa shape index (κ1) is 14.3. The lowest BCUT2D eigenvalue weighted by molar-refractivity contribution is 0.150. The van der Waals surface area contributed by atoms with Gasteiger partial charge in [-0.2, -0.15) is 5.10 Å². The molecule has 8 heteroatoms. The van der Waals surface area contributed by atoms with Crippen LogP contribution in [0.25, 0.3) is 0 Å². The maximum absolute atomic E-state index is 12.1. The summed E-state index contributed by atoms with van der Waals surface area (Å²) in [7, 11) is -3.21. The van der Waals surface area contributed by atoms with E-state index in [0.29, 0.717) is 0 Å². The summed E-state index contributed by atoms with van der Waals surface area (Å²) in [6, 6.07) is 0. The molecule has 1 aromatic heterocycles. The fourth-order valence-corrected chi connectivity index (χ4v) is 3.10. The molecule has 0 saturated carbocycles. The maximum Gasteiger partial charge on any atom is 0.333 e. The normalized spacial score (nSPS) is 13.8. The Morgan fingerprint density at radius 3 is 2.53 bits per heavy atom.